The summed E-state index contributed by atoms with van der Waals surface area (Å²) in [7, 11) is 0. The van der Waals surface area contributed by atoms with E-state index >= 15 is 0 Å². The third-order valence-corrected chi connectivity index (χ3v) is 3.63. The molecule has 4 nitrogen and oxygen atoms in total. The second kappa shape index (κ2) is 4.82. The van der Waals surface area contributed by atoms with E-state index < -0.39 is 0 Å². The molecule has 0 saturated heterocycles. The average Bonchev–Trinajstić information content (AvgIpc) is 2.17. The van der Waals surface area contributed by atoms with Crippen molar-refractivity contribution in [3.63, 3.8) is 0 Å². The van der Waals surface area contributed by atoms with E-state index in [0.29, 0.717) is 4.47 Å². The van der Waals surface area contributed by atoms with Gasteiger partial charge in [-0.1, -0.05) is 6.42 Å². The van der Waals surface area contributed by atoms with Crippen molar-refractivity contribution in [1.29, 1.82) is 0 Å². The van der Waals surface area contributed by atoms with E-state index in [2.05, 4.69) is 21.2 Å². The fraction of sp³-hybridized carbons (Fsp3) is 0.455. The first kappa shape index (κ1) is 11.4. The SMILES string of the molecule is O=[N+]([O-])c1cc(NCC2CCC2)ccc1Br. The molecule has 86 valence electrons. The molecule has 1 aromatic carbocycles. The number of halogens is 1. The van der Waals surface area contributed by atoms with Crippen LogP contribution in [0.2, 0.25) is 0 Å². The fourth-order valence-corrected chi connectivity index (χ4v) is 2.11. The Morgan fingerprint density at radius 2 is 2.25 bits per heavy atom. The Kier molecular flexibility index (Phi) is 3.43. The number of hydrogen-bond acceptors (Lipinski definition) is 3. The second-order valence-electron chi connectivity index (χ2n) is 4.10. The minimum Gasteiger partial charge on any atom is -0.385 e. The maximum absolute atomic E-state index is 10.7. The van der Waals surface area contributed by atoms with Gasteiger partial charge in [0.1, 0.15) is 0 Å². The van der Waals surface area contributed by atoms with Crippen molar-refractivity contribution in [2.45, 2.75) is 19.3 Å². The first-order valence-electron chi connectivity index (χ1n) is 5.34. The summed E-state index contributed by atoms with van der Waals surface area (Å²) in [6, 6.07) is 5.14. The molecule has 1 aromatic rings. The van der Waals surface area contributed by atoms with Gasteiger partial charge in [-0.15, -0.1) is 0 Å². The van der Waals surface area contributed by atoms with E-state index in [1.165, 1.54) is 19.3 Å². The van der Waals surface area contributed by atoms with Crippen LogP contribution in [0.15, 0.2) is 22.7 Å². The number of hydrogen-bond donors (Lipinski definition) is 1. The molecule has 1 aliphatic carbocycles. The molecule has 0 spiro atoms. The summed E-state index contributed by atoms with van der Waals surface area (Å²) in [6.07, 6.45) is 3.85. The van der Waals surface area contributed by atoms with Crippen molar-refractivity contribution in [1.82, 2.24) is 0 Å². The molecule has 1 N–H and O–H groups in total. The number of nitrogens with one attached hydrogen (secondary N) is 1. The number of rotatable bonds is 4. The predicted octanol–water partition coefficient (Wildman–Crippen LogP) is 3.57. The van der Waals surface area contributed by atoms with Gasteiger partial charge in [-0.3, -0.25) is 10.1 Å². The van der Waals surface area contributed by atoms with Crippen LogP contribution in [0.1, 0.15) is 19.3 Å². The maximum atomic E-state index is 10.7. The van der Waals surface area contributed by atoms with E-state index in [0.717, 1.165) is 18.2 Å². The summed E-state index contributed by atoms with van der Waals surface area (Å²) in [6.45, 7) is 0.915. The van der Waals surface area contributed by atoms with Crippen molar-refractivity contribution < 1.29 is 4.92 Å². The summed E-state index contributed by atoms with van der Waals surface area (Å²) in [5, 5.41) is 14.0. The maximum Gasteiger partial charge on any atom is 0.285 e. The summed E-state index contributed by atoms with van der Waals surface area (Å²) >= 11 is 3.17. The number of nitro groups is 1. The van der Waals surface area contributed by atoms with Crippen LogP contribution in [0.4, 0.5) is 11.4 Å². The molecule has 0 atom stereocenters. The number of anilines is 1. The van der Waals surface area contributed by atoms with Crippen LogP contribution in [0.25, 0.3) is 0 Å². The molecule has 0 heterocycles. The molecule has 16 heavy (non-hydrogen) atoms. The van der Waals surface area contributed by atoms with Crippen molar-refractivity contribution in [2.75, 3.05) is 11.9 Å². The second-order valence-corrected chi connectivity index (χ2v) is 4.96. The third kappa shape index (κ3) is 2.52. The first-order valence-corrected chi connectivity index (χ1v) is 6.14. The van der Waals surface area contributed by atoms with Crippen molar-refractivity contribution >= 4 is 27.3 Å². The van der Waals surface area contributed by atoms with Crippen LogP contribution in [-0.4, -0.2) is 11.5 Å². The minimum atomic E-state index is -0.376. The highest BCUT2D eigenvalue weighted by molar-refractivity contribution is 9.10. The topological polar surface area (TPSA) is 55.2 Å². The molecule has 1 aliphatic rings. The molecule has 1 saturated carbocycles. The van der Waals surface area contributed by atoms with Gasteiger partial charge in [0, 0.05) is 18.3 Å². The highest BCUT2D eigenvalue weighted by Crippen LogP contribution is 2.30. The van der Waals surface area contributed by atoms with Crippen LogP contribution in [0.3, 0.4) is 0 Å². The molecule has 0 radical (unpaired) electrons. The zero-order valence-corrected chi connectivity index (χ0v) is 10.4. The summed E-state index contributed by atoms with van der Waals surface area (Å²) in [5.74, 6) is 0.739. The van der Waals surface area contributed by atoms with Crippen molar-refractivity contribution in [2.24, 2.45) is 5.92 Å². The highest BCUT2D eigenvalue weighted by Gasteiger charge is 2.17. The third-order valence-electron chi connectivity index (χ3n) is 2.96. The zero-order valence-electron chi connectivity index (χ0n) is 8.78. The molecular formula is C11H13BrN2O2. The summed E-state index contributed by atoms with van der Waals surface area (Å²) < 4.78 is 0.520. The van der Waals surface area contributed by atoms with E-state index in [9.17, 15) is 10.1 Å². The van der Waals surface area contributed by atoms with Crippen LogP contribution >= 0.6 is 15.9 Å². The van der Waals surface area contributed by atoms with E-state index in [1.807, 2.05) is 6.07 Å². The Labute approximate surface area is 102 Å². The van der Waals surface area contributed by atoms with Gasteiger partial charge in [0.05, 0.1) is 9.40 Å². The molecule has 2 rings (SSSR count). The first-order chi connectivity index (χ1) is 7.66. The Bertz CT molecular complexity index is 405. The van der Waals surface area contributed by atoms with Crippen LogP contribution < -0.4 is 5.32 Å². The lowest BCUT2D eigenvalue weighted by molar-refractivity contribution is -0.385. The molecule has 0 amide bonds. The largest absolute Gasteiger partial charge is 0.385 e. The Morgan fingerprint density at radius 1 is 1.50 bits per heavy atom. The Balaban J connectivity index is 2.03. The standard InChI is InChI=1S/C11H13BrN2O2/c12-10-5-4-9(6-11(10)14(15)16)13-7-8-2-1-3-8/h4-6,8,13H,1-3,7H2. The Morgan fingerprint density at radius 3 is 2.81 bits per heavy atom. The molecule has 5 heteroatoms. The van der Waals surface area contributed by atoms with Gasteiger partial charge in [-0.2, -0.15) is 0 Å². The van der Waals surface area contributed by atoms with Gasteiger partial charge >= 0.3 is 0 Å². The zero-order chi connectivity index (χ0) is 11.5. The Hall–Kier alpha value is -1.10. The molecule has 0 aliphatic heterocycles. The van der Waals surface area contributed by atoms with E-state index in [1.54, 1.807) is 12.1 Å². The van der Waals surface area contributed by atoms with Crippen molar-refractivity contribution in [3.05, 3.63) is 32.8 Å². The van der Waals surface area contributed by atoms with Crippen LogP contribution in [0, 0.1) is 16.0 Å². The number of nitro benzene ring substituents is 1. The van der Waals surface area contributed by atoms with Gasteiger partial charge in [-0.25, -0.2) is 0 Å². The number of nitrogens with zero attached hydrogens (tertiary/aromatic N) is 1. The lowest BCUT2D eigenvalue weighted by atomic mass is 9.85. The lowest BCUT2D eigenvalue weighted by Crippen LogP contribution is -2.20. The van der Waals surface area contributed by atoms with Gasteiger partial charge in [0.15, 0.2) is 0 Å². The van der Waals surface area contributed by atoms with Gasteiger partial charge in [0.25, 0.3) is 5.69 Å². The van der Waals surface area contributed by atoms with Gasteiger partial charge < -0.3 is 5.32 Å². The van der Waals surface area contributed by atoms with Crippen LogP contribution in [-0.2, 0) is 0 Å². The lowest BCUT2D eigenvalue weighted by Gasteiger charge is -2.25. The summed E-state index contributed by atoms with van der Waals surface area (Å²) in [5.41, 5.74) is 0.931. The molecular weight excluding hydrogens is 272 g/mol. The molecule has 0 aromatic heterocycles. The monoisotopic (exact) mass is 284 g/mol. The van der Waals surface area contributed by atoms with Gasteiger partial charge in [-0.05, 0) is 46.8 Å². The van der Waals surface area contributed by atoms with Crippen LogP contribution in [0.5, 0.6) is 0 Å². The quantitative estimate of drug-likeness (QED) is 0.679. The molecule has 0 bridgehead atoms. The molecule has 1 fully saturated rings. The normalized spacial score (nSPS) is 15.6. The number of benzene rings is 1. The highest BCUT2D eigenvalue weighted by atomic mass is 79.9. The predicted molar refractivity (Wildman–Crippen MR) is 66.6 cm³/mol. The fourth-order valence-electron chi connectivity index (χ4n) is 1.72. The van der Waals surface area contributed by atoms with E-state index in [4.69, 9.17) is 0 Å². The van der Waals surface area contributed by atoms with E-state index in [-0.39, 0.29) is 10.6 Å². The minimum absolute atomic E-state index is 0.110. The van der Waals surface area contributed by atoms with Gasteiger partial charge in [0.2, 0.25) is 0 Å². The van der Waals surface area contributed by atoms with Crippen molar-refractivity contribution in [3.8, 4) is 0 Å². The smallest absolute Gasteiger partial charge is 0.285 e. The summed E-state index contributed by atoms with van der Waals surface area (Å²) in [4.78, 5) is 10.4. The average molecular weight is 285 g/mol. The molecule has 0 unspecified atom stereocenters.